The highest BCUT2D eigenvalue weighted by Crippen LogP contribution is 2.35. The van der Waals surface area contributed by atoms with Crippen LogP contribution < -0.4 is 15.0 Å². The van der Waals surface area contributed by atoms with Gasteiger partial charge in [-0.2, -0.15) is 0 Å². The number of ether oxygens (including phenoxy) is 2. The summed E-state index contributed by atoms with van der Waals surface area (Å²) in [6.45, 7) is 8.20. The number of tetrazole rings is 1. The van der Waals surface area contributed by atoms with E-state index in [1.165, 1.54) is 0 Å². The van der Waals surface area contributed by atoms with Gasteiger partial charge in [-0.3, -0.25) is 9.69 Å². The van der Waals surface area contributed by atoms with Crippen LogP contribution in [0.1, 0.15) is 29.9 Å². The van der Waals surface area contributed by atoms with Crippen LogP contribution in [-0.4, -0.2) is 80.9 Å². The van der Waals surface area contributed by atoms with Gasteiger partial charge in [0, 0.05) is 43.2 Å². The molecule has 0 amide bonds. The topological polar surface area (TPSA) is 101 Å². The van der Waals surface area contributed by atoms with Gasteiger partial charge in [0.25, 0.3) is 5.56 Å². The fraction of sp³-hybridized carbons (Fsp3) is 0.385. The molecule has 0 bridgehead atoms. The van der Waals surface area contributed by atoms with Gasteiger partial charge in [-0.05, 0) is 34.7 Å². The van der Waals surface area contributed by atoms with E-state index in [0.29, 0.717) is 48.2 Å². The number of pyridine rings is 1. The number of piperazine rings is 1. The first-order chi connectivity index (χ1) is 17.7. The van der Waals surface area contributed by atoms with E-state index in [1.807, 2.05) is 36.4 Å². The van der Waals surface area contributed by atoms with E-state index in [-0.39, 0.29) is 11.6 Å². The van der Waals surface area contributed by atoms with Crippen LogP contribution in [0, 0.1) is 0 Å². The zero-order valence-electron chi connectivity index (χ0n) is 20.3. The van der Waals surface area contributed by atoms with Crippen molar-refractivity contribution in [2.24, 2.45) is 0 Å². The summed E-state index contributed by atoms with van der Waals surface area (Å²) in [5, 5.41) is 13.6. The summed E-state index contributed by atoms with van der Waals surface area (Å²) in [5.41, 5.74) is 2.27. The zero-order chi connectivity index (χ0) is 24.5. The summed E-state index contributed by atoms with van der Waals surface area (Å²) in [6, 6.07) is 15.4. The van der Waals surface area contributed by atoms with E-state index in [4.69, 9.17) is 9.47 Å². The van der Waals surface area contributed by atoms with Gasteiger partial charge in [-0.1, -0.05) is 37.3 Å². The number of hydrogen-bond donors (Lipinski definition) is 1. The second-order valence-electron chi connectivity index (χ2n) is 9.19. The highest BCUT2D eigenvalue weighted by molar-refractivity contribution is 5.83. The minimum Gasteiger partial charge on any atom is -0.486 e. The number of aromatic nitrogens is 5. The Bertz CT molecular complexity index is 1410. The van der Waals surface area contributed by atoms with Crippen LogP contribution in [-0.2, 0) is 6.54 Å². The average Bonchev–Trinajstić information content (AvgIpc) is 3.36. The standard InChI is InChI=1S/C26H29N7O3/c1-2-31-8-10-32(11-9-31)24(25-28-29-30-33(25)17-18-6-4-3-5-7-18)20-14-19-15-22-23(36-13-12-35-22)16-21(19)27-26(20)34/h3-7,14-16,24H,2,8-13,17H2,1H3,(H,27,34)/t24-/m1/s1. The van der Waals surface area contributed by atoms with Crippen molar-refractivity contribution < 1.29 is 9.47 Å². The second kappa shape index (κ2) is 9.71. The Morgan fingerprint density at radius 1 is 1.00 bits per heavy atom. The molecule has 10 heteroatoms. The minimum absolute atomic E-state index is 0.156. The summed E-state index contributed by atoms with van der Waals surface area (Å²) >= 11 is 0. The first kappa shape index (κ1) is 22.7. The third kappa shape index (κ3) is 4.33. The summed E-state index contributed by atoms with van der Waals surface area (Å²) in [7, 11) is 0. The number of nitrogens with zero attached hydrogens (tertiary/aromatic N) is 6. The summed E-state index contributed by atoms with van der Waals surface area (Å²) in [5.74, 6) is 2.00. The Morgan fingerprint density at radius 3 is 2.50 bits per heavy atom. The molecule has 1 saturated heterocycles. The van der Waals surface area contributed by atoms with Crippen LogP contribution in [0.15, 0.2) is 53.3 Å². The molecular weight excluding hydrogens is 458 g/mol. The molecule has 6 rings (SSSR count). The number of nitrogens with one attached hydrogen (secondary N) is 1. The molecule has 0 aliphatic carbocycles. The lowest BCUT2D eigenvalue weighted by atomic mass is 10.0. The first-order valence-electron chi connectivity index (χ1n) is 12.4. The minimum atomic E-state index is -0.385. The number of aromatic amines is 1. The fourth-order valence-electron chi connectivity index (χ4n) is 5.08. The number of H-pyrrole nitrogens is 1. The SMILES string of the molecule is CCN1CCN([C@H](c2cc3cc4c(cc3[nH]c2=O)OCCO4)c2nnnn2Cc2ccccc2)CC1. The molecule has 0 spiro atoms. The van der Waals surface area contributed by atoms with E-state index >= 15 is 0 Å². The highest BCUT2D eigenvalue weighted by Gasteiger charge is 2.32. The third-order valence-corrected chi connectivity index (χ3v) is 7.03. The van der Waals surface area contributed by atoms with Crippen LogP contribution in [0.3, 0.4) is 0 Å². The van der Waals surface area contributed by atoms with Gasteiger partial charge >= 0.3 is 0 Å². The number of likely N-dealkylation sites (N-methyl/N-ethyl adjacent to an activating group) is 1. The predicted octanol–water partition coefficient (Wildman–Crippen LogP) is 2.06. The molecule has 2 aliphatic heterocycles. The molecule has 2 aromatic carbocycles. The molecule has 4 heterocycles. The Kier molecular flexibility index (Phi) is 6.12. The van der Waals surface area contributed by atoms with E-state index < -0.39 is 0 Å². The molecule has 0 saturated carbocycles. The van der Waals surface area contributed by atoms with Crippen LogP contribution >= 0.6 is 0 Å². The maximum atomic E-state index is 13.5. The first-order valence-corrected chi connectivity index (χ1v) is 12.4. The van der Waals surface area contributed by atoms with Gasteiger partial charge < -0.3 is 19.4 Å². The van der Waals surface area contributed by atoms with E-state index in [1.54, 1.807) is 4.68 Å². The smallest absolute Gasteiger partial charge is 0.253 e. The molecule has 1 fully saturated rings. The summed E-state index contributed by atoms with van der Waals surface area (Å²) in [4.78, 5) is 21.3. The lowest BCUT2D eigenvalue weighted by Gasteiger charge is -2.38. The molecule has 0 unspecified atom stereocenters. The van der Waals surface area contributed by atoms with Crippen LogP contribution in [0.4, 0.5) is 0 Å². The normalized spacial score (nSPS) is 17.4. The average molecular weight is 488 g/mol. The number of fused-ring (bicyclic) bond motifs is 2. The van der Waals surface area contributed by atoms with Crippen LogP contribution in [0.5, 0.6) is 11.5 Å². The highest BCUT2D eigenvalue weighted by atomic mass is 16.6. The van der Waals surface area contributed by atoms with Gasteiger partial charge in [0.05, 0.1) is 12.1 Å². The fourth-order valence-corrected chi connectivity index (χ4v) is 5.08. The van der Waals surface area contributed by atoms with Crippen molar-refractivity contribution in [3.63, 3.8) is 0 Å². The monoisotopic (exact) mass is 487 g/mol. The maximum absolute atomic E-state index is 13.5. The number of hydrogen-bond acceptors (Lipinski definition) is 8. The zero-order valence-corrected chi connectivity index (χ0v) is 20.3. The van der Waals surface area contributed by atoms with Crippen molar-refractivity contribution in [3.05, 3.63) is 75.8 Å². The number of rotatable bonds is 6. The van der Waals surface area contributed by atoms with Gasteiger partial charge in [0.2, 0.25) is 0 Å². The molecule has 0 radical (unpaired) electrons. The van der Waals surface area contributed by atoms with Crippen LogP contribution in [0.2, 0.25) is 0 Å². The Hall–Kier alpha value is -3.76. The maximum Gasteiger partial charge on any atom is 0.253 e. The van der Waals surface area contributed by atoms with Crippen molar-refractivity contribution in [3.8, 4) is 11.5 Å². The number of benzene rings is 2. The second-order valence-corrected chi connectivity index (χ2v) is 9.19. The molecule has 2 aliphatic rings. The molecule has 36 heavy (non-hydrogen) atoms. The van der Waals surface area contributed by atoms with Crippen molar-refractivity contribution in [1.82, 2.24) is 35.0 Å². The van der Waals surface area contributed by atoms with Gasteiger partial charge in [-0.25, -0.2) is 4.68 Å². The van der Waals surface area contributed by atoms with Crippen molar-refractivity contribution in [1.29, 1.82) is 0 Å². The lowest BCUT2D eigenvalue weighted by molar-refractivity contribution is 0.108. The summed E-state index contributed by atoms with van der Waals surface area (Å²) < 4.78 is 13.3. The predicted molar refractivity (Wildman–Crippen MR) is 134 cm³/mol. The largest absolute Gasteiger partial charge is 0.486 e. The Labute approximate surface area is 208 Å². The van der Waals surface area contributed by atoms with E-state index in [0.717, 1.165) is 43.7 Å². The quantitative estimate of drug-likeness (QED) is 0.441. The van der Waals surface area contributed by atoms with E-state index in [9.17, 15) is 4.79 Å². The molecule has 10 nitrogen and oxygen atoms in total. The van der Waals surface area contributed by atoms with Crippen molar-refractivity contribution in [2.45, 2.75) is 19.5 Å². The van der Waals surface area contributed by atoms with Gasteiger partial charge in [0.15, 0.2) is 17.3 Å². The van der Waals surface area contributed by atoms with Crippen LogP contribution in [0.25, 0.3) is 10.9 Å². The molecule has 2 aromatic heterocycles. The van der Waals surface area contributed by atoms with Gasteiger partial charge in [0.1, 0.15) is 19.3 Å². The van der Waals surface area contributed by atoms with Crippen molar-refractivity contribution in [2.75, 3.05) is 45.9 Å². The third-order valence-electron chi connectivity index (χ3n) is 7.03. The molecule has 186 valence electrons. The van der Waals surface area contributed by atoms with Crippen molar-refractivity contribution >= 4 is 10.9 Å². The molecule has 1 N–H and O–H groups in total. The lowest BCUT2D eigenvalue weighted by Crippen LogP contribution is -2.49. The Morgan fingerprint density at radius 2 is 1.75 bits per heavy atom. The van der Waals surface area contributed by atoms with E-state index in [2.05, 4.69) is 49.4 Å². The molecule has 1 atom stereocenters. The summed E-state index contributed by atoms with van der Waals surface area (Å²) in [6.07, 6.45) is 0. The molecular formula is C26H29N7O3. The van der Waals surface area contributed by atoms with Gasteiger partial charge in [-0.15, -0.1) is 5.10 Å². The Balaban J connectivity index is 1.44. The molecule has 4 aromatic rings.